The quantitative estimate of drug-likeness (QED) is 0.369. The second-order valence-corrected chi connectivity index (χ2v) is 9.11. The summed E-state index contributed by atoms with van der Waals surface area (Å²) in [5.74, 6) is 7.62. The van der Waals surface area contributed by atoms with E-state index in [4.69, 9.17) is 0 Å². The number of hydrogen-bond acceptors (Lipinski definition) is 0. The number of aryl methyl sites for hydroxylation is 1. The first-order chi connectivity index (χ1) is 15.2. The van der Waals surface area contributed by atoms with E-state index in [0.717, 1.165) is 29.7 Å². The minimum atomic E-state index is -0.214. The molecule has 0 aromatic heterocycles. The normalized spacial score (nSPS) is 18.5. The topological polar surface area (TPSA) is 0 Å². The second kappa shape index (κ2) is 10.1. The average molecular weight is 413 g/mol. The van der Waals surface area contributed by atoms with Crippen molar-refractivity contribution in [3.63, 3.8) is 0 Å². The smallest absolute Gasteiger partial charge is 0.146 e. The molecule has 0 unspecified atom stereocenters. The first kappa shape index (κ1) is 21.6. The van der Waals surface area contributed by atoms with E-state index in [2.05, 4.69) is 56.0 Å². The molecule has 0 radical (unpaired) electrons. The summed E-state index contributed by atoms with van der Waals surface area (Å²) in [6.45, 7) is 4.45. The third kappa shape index (κ3) is 5.19. The van der Waals surface area contributed by atoms with E-state index in [-0.39, 0.29) is 5.82 Å². The van der Waals surface area contributed by atoms with Crippen LogP contribution < -0.4 is 0 Å². The van der Waals surface area contributed by atoms with Crippen LogP contribution in [-0.4, -0.2) is 0 Å². The Hall–Kier alpha value is -2.59. The Kier molecular flexibility index (Phi) is 7.08. The molecule has 3 aromatic rings. The molecule has 160 valence electrons. The van der Waals surface area contributed by atoms with Gasteiger partial charge in [-0.2, -0.15) is 0 Å². The average Bonchev–Trinajstić information content (AvgIpc) is 2.80. The van der Waals surface area contributed by atoms with Gasteiger partial charge in [0.15, 0.2) is 0 Å². The molecule has 3 aromatic carbocycles. The zero-order valence-electron chi connectivity index (χ0n) is 18.9. The number of benzene rings is 3. The molecule has 0 bridgehead atoms. The fourth-order valence-electron chi connectivity index (χ4n) is 5.05. The van der Waals surface area contributed by atoms with Crippen LogP contribution in [0.15, 0.2) is 54.6 Å². The number of hydrogen-bond donors (Lipinski definition) is 0. The van der Waals surface area contributed by atoms with E-state index >= 15 is 0 Å². The molecule has 1 heteroatoms. The van der Waals surface area contributed by atoms with Crippen molar-refractivity contribution in [3.8, 4) is 11.8 Å². The summed E-state index contributed by atoms with van der Waals surface area (Å²) in [6.07, 6.45) is 10.1. The SMILES string of the molecule is CCCc1ccc2c(F)c(C#Cc3ccc(C4CCC(CCC)CC4)cc3)ccc2c1. The van der Waals surface area contributed by atoms with Crippen molar-refractivity contribution >= 4 is 10.8 Å². The molecule has 1 saturated carbocycles. The maximum Gasteiger partial charge on any atom is 0.146 e. The van der Waals surface area contributed by atoms with E-state index in [9.17, 15) is 4.39 Å². The molecule has 0 atom stereocenters. The first-order valence-electron chi connectivity index (χ1n) is 12.0. The van der Waals surface area contributed by atoms with Gasteiger partial charge in [-0.05, 0) is 78.7 Å². The highest BCUT2D eigenvalue weighted by molar-refractivity contribution is 5.85. The summed E-state index contributed by atoms with van der Waals surface area (Å²) in [5, 5.41) is 1.60. The van der Waals surface area contributed by atoms with Crippen molar-refractivity contribution in [3.05, 3.63) is 82.7 Å². The van der Waals surface area contributed by atoms with Crippen LogP contribution in [0, 0.1) is 23.6 Å². The van der Waals surface area contributed by atoms with Crippen molar-refractivity contribution in [2.45, 2.75) is 71.1 Å². The van der Waals surface area contributed by atoms with Gasteiger partial charge < -0.3 is 0 Å². The highest BCUT2D eigenvalue weighted by Crippen LogP contribution is 2.37. The predicted molar refractivity (Wildman–Crippen MR) is 130 cm³/mol. The molecule has 0 amide bonds. The lowest BCUT2D eigenvalue weighted by atomic mass is 9.77. The predicted octanol–water partition coefficient (Wildman–Crippen LogP) is 8.41. The molecule has 0 aliphatic heterocycles. The summed E-state index contributed by atoms with van der Waals surface area (Å²) < 4.78 is 15.0. The molecule has 0 nitrogen and oxygen atoms in total. The molecule has 4 rings (SSSR count). The molecular weight excluding hydrogens is 379 g/mol. The minimum absolute atomic E-state index is 0.214. The Morgan fingerprint density at radius 1 is 0.839 bits per heavy atom. The summed E-state index contributed by atoms with van der Waals surface area (Å²) in [4.78, 5) is 0. The van der Waals surface area contributed by atoms with Gasteiger partial charge in [-0.1, -0.05) is 81.3 Å². The zero-order valence-corrected chi connectivity index (χ0v) is 18.9. The number of fused-ring (bicyclic) bond motifs is 1. The summed E-state index contributed by atoms with van der Waals surface area (Å²) in [5.41, 5.74) is 4.10. The third-order valence-corrected chi connectivity index (χ3v) is 6.82. The van der Waals surface area contributed by atoms with Gasteiger partial charge in [0.2, 0.25) is 0 Å². The van der Waals surface area contributed by atoms with Gasteiger partial charge in [0.25, 0.3) is 0 Å². The number of halogens is 1. The van der Waals surface area contributed by atoms with E-state index in [1.165, 1.54) is 49.7 Å². The van der Waals surface area contributed by atoms with Gasteiger partial charge in [-0.15, -0.1) is 0 Å². The molecule has 1 aliphatic rings. The largest absolute Gasteiger partial charge is 0.205 e. The van der Waals surface area contributed by atoms with Crippen molar-refractivity contribution in [2.75, 3.05) is 0 Å². The van der Waals surface area contributed by atoms with Gasteiger partial charge in [0, 0.05) is 10.9 Å². The zero-order chi connectivity index (χ0) is 21.6. The van der Waals surface area contributed by atoms with Crippen LogP contribution in [0.1, 0.15) is 87.0 Å². The third-order valence-electron chi connectivity index (χ3n) is 6.82. The molecule has 1 aliphatic carbocycles. The molecule has 31 heavy (non-hydrogen) atoms. The lowest BCUT2D eigenvalue weighted by Gasteiger charge is -2.28. The van der Waals surface area contributed by atoms with Gasteiger partial charge in [0.05, 0.1) is 5.56 Å². The van der Waals surface area contributed by atoms with E-state index in [0.29, 0.717) is 16.9 Å². The van der Waals surface area contributed by atoms with E-state index < -0.39 is 0 Å². The molecular formula is C30H33F. The monoisotopic (exact) mass is 412 g/mol. The van der Waals surface area contributed by atoms with Gasteiger partial charge in [-0.3, -0.25) is 0 Å². The van der Waals surface area contributed by atoms with Crippen LogP contribution >= 0.6 is 0 Å². The Morgan fingerprint density at radius 3 is 2.32 bits per heavy atom. The molecule has 0 heterocycles. The highest BCUT2D eigenvalue weighted by Gasteiger charge is 2.21. The first-order valence-corrected chi connectivity index (χ1v) is 12.0. The number of rotatable bonds is 5. The standard InChI is InChI=1S/C30H33F/c1-3-5-22-7-13-25(14-8-22)26-15-9-23(10-16-26)11-17-27-18-19-28-21-24(6-4-2)12-20-29(28)30(27)31/h9-10,12,15-16,18-22,25H,3-8,13-14H2,1-2H3. The van der Waals surface area contributed by atoms with E-state index in [1.54, 1.807) is 0 Å². The van der Waals surface area contributed by atoms with Crippen LogP contribution in [0.25, 0.3) is 10.8 Å². The Bertz CT molecular complexity index is 1070. The molecule has 0 N–H and O–H groups in total. The maximum absolute atomic E-state index is 15.0. The summed E-state index contributed by atoms with van der Waals surface area (Å²) in [7, 11) is 0. The molecule has 0 spiro atoms. The van der Waals surface area contributed by atoms with Crippen LogP contribution in [0.5, 0.6) is 0 Å². The summed E-state index contributed by atoms with van der Waals surface area (Å²) in [6, 6.07) is 18.4. The second-order valence-electron chi connectivity index (χ2n) is 9.11. The maximum atomic E-state index is 15.0. The molecule has 1 fully saturated rings. The van der Waals surface area contributed by atoms with Crippen LogP contribution in [0.3, 0.4) is 0 Å². The van der Waals surface area contributed by atoms with Gasteiger partial charge in [-0.25, -0.2) is 4.39 Å². The summed E-state index contributed by atoms with van der Waals surface area (Å²) >= 11 is 0. The fraction of sp³-hybridized carbons (Fsp3) is 0.400. The molecule has 0 saturated heterocycles. The van der Waals surface area contributed by atoms with E-state index in [1.807, 2.05) is 24.3 Å². The Balaban J connectivity index is 1.47. The fourth-order valence-corrected chi connectivity index (χ4v) is 5.05. The van der Waals surface area contributed by atoms with Crippen molar-refractivity contribution < 1.29 is 4.39 Å². The Morgan fingerprint density at radius 2 is 1.61 bits per heavy atom. The van der Waals surface area contributed by atoms with Gasteiger partial charge >= 0.3 is 0 Å². The lowest BCUT2D eigenvalue weighted by Crippen LogP contribution is -2.13. The Labute approximate surface area is 186 Å². The van der Waals surface area contributed by atoms with Crippen LogP contribution in [0.2, 0.25) is 0 Å². The highest BCUT2D eigenvalue weighted by atomic mass is 19.1. The van der Waals surface area contributed by atoms with Gasteiger partial charge in [0.1, 0.15) is 5.82 Å². The van der Waals surface area contributed by atoms with Crippen LogP contribution in [-0.2, 0) is 6.42 Å². The van der Waals surface area contributed by atoms with Crippen molar-refractivity contribution in [1.82, 2.24) is 0 Å². The van der Waals surface area contributed by atoms with Crippen molar-refractivity contribution in [1.29, 1.82) is 0 Å². The minimum Gasteiger partial charge on any atom is -0.205 e. The van der Waals surface area contributed by atoms with Crippen molar-refractivity contribution in [2.24, 2.45) is 5.92 Å². The van der Waals surface area contributed by atoms with Crippen LogP contribution in [0.4, 0.5) is 4.39 Å². The lowest BCUT2D eigenvalue weighted by molar-refractivity contribution is 0.308.